The lowest BCUT2D eigenvalue weighted by molar-refractivity contribution is -0.130. The third-order valence-corrected chi connectivity index (χ3v) is 5.51. The Balaban J connectivity index is 1.65. The zero-order valence-electron chi connectivity index (χ0n) is 17.4. The van der Waals surface area contributed by atoms with E-state index in [0.717, 1.165) is 5.56 Å². The van der Waals surface area contributed by atoms with Gasteiger partial charge in [0.2, 0.25) is 0 Å². The van der Waals surface area contributed by atoms with Crippen LogP contribution in [0, 0.1) is 0 Å². The molecule has 7 heteroatoms. The lowest BCUT2D eigenvalue weighted by Gasteiger charge is -2.28. The van der Waals surface area contributed by atoms with E-state index in [1.165, 1.54) is 4.90 Å². The van der Waals surface area contributed by atoms with Gasteiger partial charge < -0.3 is 24.2 Å². The van der Waals surface area contributed by atoms with Crippen LogP contribution in [0.4, 0.5) is 0 Å². The van der Waals surface area contributed by atoms with E-state index in [4.69, 9.17) is 14.2 Å². The van der Waals surface area contributed by atoms with Crippen molar-refractivity contribution in [3.8, 4) is 11.5 Å². The molecule has 162 valence electrons. The third-order valence-electron chi connectivity index (χ3n) is 5.51. The van der Waals surface area contributed by atoms with Crippen molar-refractivity contribution < 1.29 is 28.9 Å². The summed E-state index contributed by atoms with van der Waals surface area (Å²) < 4.78 is 16.4. The number of Topliss-reactive ketones (excluding diaryl/α,β-unsaturated/α-hetero) is 1. The number of carbonyl (C=O) groups excluding carboxylic acids is 2. The molecule has 4 rings (SSSR count). The van der Waals surface area contributed by atoms with Crippen molar-refractivity contribution >= 4 is 11.7 Å². The van der Waals surface area contributed by atoms with E-state index in [9.17, 15) is 14.7 Å². The molecule has 1 N–H and O–H groups in total. The number of carbonyl (C=O) groups is 2. The van der Waals surface area contributed by atoms with E-state index in [1.807, 2.05) is 30.3 Å². The number of nitrogens with zero attached hydrogens (tertiary/aromatic N) is 1. The molecule has 0 bridgehead atoms. The molecular formula is C24H25NO6. The summed E-state index contributed by atoms with van der Waals surface area (Å²) in [7, 11) is 1.54. The topological polar surface area (TPSA) is 85.3 Å². The van der Waals surface area contributed by atoms with Crippen molar-refractivity contribution in [1.29, 1.82) is 0 Å². The van der Waals surface area contributed by atoms with Crippen molar-refractivity contribution in [3.05, 3.63) is 71.0 Å². The van der Waals surface area contributed by atoms with Crippen molar-refractivity contribution in [2.24, 2.45) is 0 Å². The molecule has 2 aliphatic rings. The van der Waals surface area contributed by atoms with Gasteiger partial charge in [-0.15, -0.1) is 0 Å². The first-order chi connectivity index (χ1) is 15.1. The Hall–Kier alpha value is -3.32. The first-order valence-corrected chi connectivity index (χ1v) is 10.3. The molecule has 0 radical (unpaired) electrons. The van der Waals surface area contributed by atoms with Gasteiger partial charge in [0.25, 0.3) is 5.91 Å². The van der Waals surface area contributed by atoms with Gasteiger partial charge in [0, 0.05) is 20.1 Å². The SMILES string of the molecule is COCCN1C(=O)C(O)=C(C(=O)CCc2ccccc2)C1c1ccc2c(c1)OCCO2. The molecular weight excluding hydrogens is 398 g/mol. The Morgan fingerprint density at radius 3 is 2.61 bits per heavy atom. The van der Waals surface area contributed by atoms with Gasteiger partial charge in [-0.25, -0.2) is 0 Å². The maximum atomic E-state index is 13.2. The van der Waals surface area contributed by atoms with Gasteiger partial charge in [-0.05, 0) is 29.7 Å². The number of rotatable bonds is 8. The van der Waals surface area contributed by atoms with Crippen LogP contribution in [0.25, 0.3) is 0 Å². The Morgan fingerprint density at radius 2 is 1.87 bits per heavy atom. The number of ketones is 1. The maximum absolute atomic E-state index is 13.2. The molecule has 1 atom stereocenters. The number of benzene rings is 2. The smallest absolute Gasteiger partial charge is 0.290 e. The monoisotopic (exact) mass is 423 g/mol. The molecule has 0 fully saturated rings. The third kappa shape index (κ3) is 4.27. The number of aliphatic hydroxyl groups is 1. The molecule has 1 amide bonds. The first-order valence-electron chi connectivity index (χ1n) is 10.3. The van der Waals surface area contributed by atoms with E-state index in [1.54, 1.807) is 25.3 Å². The highest BCUT2D eigenvalue weighted by Gasteiger charge is 2.43. The molecule has 0 aromatic heterocycles. The molecule has 2 aromatic rings. The van der Waals surface area contributed by atoms with Crippen LogP contribution in [-0.2, 0) is 20.7 Å². The zero-order valence-corrected chi connectivity index (χ0v) is 17.4. The molecule has 7 nitrogen and oxygen atoms in total. The standard InChI is InChI=1S/C24H25NO6/c1-29-12-11-25-22(17-8-10-19-20(15-17)31-14-13-30-19)21(23(27)24(25)28)18(26)9-7-16-5-3-2-4-6-16/h2-6,8,10,15,22,27H,7,9,11-14H2,1H3. The molecule has 0 saturated carbocycles. The van der Waals surface area contributed by atoms with Crippen LogP contribution in [0.2, 0.25) is 0 Å². The van der Waals surface area contributed by atoms with Crippen molar-refractivity contribution in [3.63, 3.8) is 0 Å². The fourth-order valence-corrected chi connectivity index (χ4v) is 3.97. The summed E-state index contributed by atoms with van der Waals surface area (Å²) in [6.07, 6.45) is 0.715. The number of methoxy groups -OCH3 is 1. The molecule has 0 aliphatic carbocycles. The minimum Gasteiger partial charge on any atom is -0.503 e. The van der Waals surface area contributed by atoms with Gasteiger partial charge in [-0.3, -0.25) is 9.59 Å². The van der Waals surface area contributed by atoms with Crippen LogP contribution in [0.5, 0.6) is 11.5 Å². The number of amides is 1. The van der Waals surface area contributed by atoms with Gasteiger partial charge >= 0.3 is 0 Å². The second kappa shape index (κ2) is 9.22. The predicted octanol–water partition coefficient (Wildman–Crippen LogP) is 3.00. The maximum Gasteiger partial charge on any atom is 0.290 e. The molecule has 0 spiro atoms. The quantitative estimate of drug-likeness (QED) is 0.703. The van der Waals surface area contributed by atoms with Crippen LogP contribution in [0.1, 0.15) is 23.6 Å². The molecule has 2 aromatic carbocycles. The van der Waals surface area contributed by atoms with Crippen LogP contribution in [0.3, 0.4) is 0 Å². The summed E-state index contributed by atoms with van der Waals surface area (Å²) in [4.78, 5) is 27.5. The Morgan fingerprint density at radius 1 is 1.13 bits per heavy atom. The molecule has 2 heterocycles. The number of hydrogen-bond donors (Lipinski definition) is 1. The second-order valence-electron chi connectivity index (χ2n) is 7.47. The fourth-order valence-electron chi connectivity index (χ4n) is 3.97. The van der Waals surface area contributed by atoms with Crippen LogP contribution in [0.15, 0.2) is 59.9 Å². The summed E-state index contributed by atoms with van der Waals surface area (Å²) >= 11 is 0. The molecule has 1 unspecified atom stereocenters. The largest absolute Gasteiger partial charge is 0.503 e. The summed E-state index contributed by atoms with van der Waals surface area (Å²) in [5.41, 5.74) is 1.82. The average molecular weight is 423 g/mol. The van der Waals surface area contributed by atoms with Crippen molar-refractivity contribution in [1.82, 2.24) is 4.90 Å². The Bertz CT molecular complexity index is 1000. The summed E-state index contributed by atoms with van der Waals surface area (Å²) in [5, 5.41) is 10.6. The predicted molar refractivity (Wildman–Crippen MR) is 113 cm³/mol. The average Bonchev–Trinajstić information content (AvgIpc) is 3.06. The van der Waals surface area contributed by atoms with Crippen LogP contribution < -0.4 is 9.47 Å². The van der Waals surface area contributed by atoms with E-state index < -0.39 is 17.7 Å². The molecule has 2 aliphatic heterocycles. The minimum atomic E-state index is -0.707. The first kappa shape index (κ1) is 20.9. The minimum absolute atomic E-state index is 0.119. The molecule has 0 saturated heterocycles. The highest BCUT2D eigenvalue weighted by molar-refractivity contribution is 6.09. The van der Waals surface area contributed by atoms with E-state index in [-0.39, 0.29) is 30.9 Å². The van der Waals surface area contributed by atoms with Crippen molar-refractivity contribution in [2.45, 2.75) is 18.9 Å². The van der Waals surface area contributed by atoms with Crippen LogP contribution in [-0.4, -0.2) is 55.2 Å². The highest BCUT2D eigenvalue weighted by atomic mass is 16.6. The zero-order chi connectivity index (χ0) is 21.8. The lowest BCUT2D eigenvalue weighted by atomic mass is 9.93. The van der Waals surface area contributed by atoms with Crippen LogP contribution >= 0.6 is 0 Å². The van der Waals surface area contributed by atoms with Crippen molar-refractivity contribution in [2.75, 3.05) is 33.5 Å². The number of aryl methyl sites for hydroxylation is 1. The van der Waals surface area contributed by atoms with E-state index in [2.05, 4.69) is 0 Å². The summed E-state index contributed by atoms with van der Waals surface area (Å²) in [6.45, 7) is 1.43. The van der Waals surface area contributed by atoms with E-state index in [0.29, 0.717) is 36.7 Å². The van der Waals surface area contributed by atoms with Gasteiger partial charge in [-0.2, -0.15) is 0 Å². The number of aliphatic hydroxyl groups excluding tert-OH is 1. The van der Waals surface area contributed by atoms with Gasteiger partial charge in [0.1, 0.15) is 13.2 Å². The number of fused-ring (bicyclic) bond motifs is 1. The fraction of sp³-hybridized carbons (Fsp3) is 0.333. The number of hydrogen-bond acceptors (Lipinski definition) is 6. The Labute approximate surface area is 180 Å². The normalized spacial score (nSPS) is 17.9. The van der Waals surface area contributed by atoms with Gasteiger partial charge in [0.05, 0.1) is 18.2 Å². The summed E-state index contributed by atoms with van der Waals surface area (Å²) in [6, 6.07) is 14.3. The molecule has 31 heavy (non-hydrogen) atoms. The van der Waals surface area contributed by atoms with E-state index >= 15 is 0 Å². The Kier molecular flexibility index (Phi) is 6.23. The highest BCUT2D eigenvalue weighted by Crippen LogP contribution is 2.41. The van der Waals surface area contributed by atoms with Gasteiger partial charge in [0.15, 0.2) is 23.0 Å². The summed E-state index contributed by atoms with van der Waals surface area (Å²) in [5.74, 6) is -0.137. The lowest BCUT2D eigenvalue weighted by Crippen LogP contribution is -2.34. The second-order valence-corrected chi connectivity index (χ2v) is 7.47. The van der Waals surface area contributed by atoms with Gasteiger partial charge in [-0.1, -0.05) is 36.4 Å². The number of ether oxygens (including phenoxy) is 3.